The van der Waals surface area contributed by atoms with Crippen molar-refractivity contribution in [3.63, 3.8) is 0 Å². The van der Waals surface area contributed by atoms with E-state index >= 15 is 0 Å². The molecule has 1 saturated heterocycles. The zero-order chi connectivity index (χ0) is 12.6. The van der Waals surface area contributed by atoms with Crippen LogP contribution in [0.4, 0.5) is 5.82 Å². The summed E-state index contributed by atoms with van der Waals surface area (Å²) in [6.07, 6.45) is 8.08. The van der Waals surface area contributed by atoms with Gasteiger partial charge in [-0.3, -0.25) is 4.98 Å². The first-order valence-corrected chi connectivity index (χ1v) is 6.80. The fourth-order valence-corrected chi connectivity index (χ4v) is 2.09. The highest BCUT2D eigenvalue weighted by Gasteiger charge is 2.12. The lowest BCUT2D eigenvalue weighted by molar-refractivity contribution is 0.304. The maximum absolute atomic E-state index is 5.45. The van der Waals surface area contributed by atoms with E-state index in [1.54, 1.807) is 12.4 Å². The highest BCUT2D eigenvalue weighted by atomic mass is 16.5. The second-order valence-corrected chi connectivity index (χ2v) is 4.60. The molecule has 2 rings (SSSR count). The van der Waals surface area contributed by atoms with Gasteiger partial charge >= 0.3 is 0 Å². The molecular weight excluding hydrogens is 228 g/mol. The van der Waals surface area contributed by atoms with E-state index < -0.39 is 0 Å². The van der Waals surface area contributed by atoms with Crippen LogP contribution in [-0.2, 0) is 0 Å². The SMILES string of the molecule is CCCOc1cncc(NCCC2CCCN2)n1. The molecule has 1 aliphatic heterocycles. The van der Waals surface area contributed by atoms with Gasteiger partial charge < -0.3 is 15.4 Å². The standard InChI is InChI=1S/C13H22N4O/c1-2-8-18-13-10-14-9-12(17-13)16-7-5-11-4-3-6-15-11/h9-11,15H,2-8H2,1H3,(H,16,17). The Kier molecular flexibility index (Phi) is 5.20. The van der Waals surface area contributed by atoms with E-state index in [4.69, 9.17) is 4.74 Å². The molecule has 5 nitrogen and oxygen atoms in total. The molecule has 18 heavy (non-hydrogen) atoms. The van der Waals surface area contributed by atoms with Gasteiger partial charge in [-0.1, -0.05) is 6.92 Å². The summed E-state index contributed by atoms with van der Waals surface area (Å²) < 4.78 is 5.45. The van der Waals surface area contributed by atoms with E-state index in [0.717, 1.165) is 31.7 Å². The molecule has 2 N–H and O–H groups in total. The van der Waals surface area contributed by atoms with Crippen molar-refractivity contribution >= 4 is 5.82 Å². The van der Waals surface area contributed by atoms with Gasteiger partial charge in [-0.05, 0) is 32.2 Å². The van der Waals surface area contributed by atoms with Crippen molar-refractivity contribution in [1.29, 1.82) is 0 Å². The average molecular weight is 250 g/mol. The molecule has 2 heterocycles. The van der Waals surface area contributed by atoms with Crippen LogP contribution < -0.4 is 15.4 Å². The Morgan fingerprint density at radius 3 is 3.22 bits per heavy atom. The molecule has 1 aliphatic rings. The van der Waals surface area contributed by atoms with E-state index in [9.17, 15) is 0 Å². The summed E-state index contributed by atoms with van der Waals surface area (Å²) in [5, 5.41) is 6.78. The zero-order valence-corrected chi connectivity index (χ0v) is 11.0. The van der Waals surface area contributed by atoms with E-state index in [2.05, 4.69) is 27.5 Å². The molecule has 0 saturated carbocycles. The lowest BCUT2D eigenvalue weighted by Crippen LogP contribution is -2.24. The maximum Gasteiger partial charge on any atom is 0.234 e. The number of aromatic nitrogens is 2. The Bertz CT molecular complexity index is 353. The third-order valence-electron chi connectivity index (χ3n) is 3.03. The van der Waals surface area contributed by atoms with E-state index in [1.807, 2.05) is 0 Å². The van der Waals surface area contributed by atoms with Gasteiger partial charge in [0.25, 0.3) is 0 Å². The molecule has 1 aromatic heterocycles. The number of hydrogen-bond donors (Lipinski definition) is 2. The average Bonchev–Trinajstić information content (AvgIpc) is 2.90. The summed E-state index contributed by atoms with van der Waals surface area (Å²) in [6.45, 7) is 4.84. The molecule has 0 aromatic carbocycles. The van der Waals surface area contributed by atoms with Crippen LogP contribution in [0.3, 0.4) is 0 Å². The minimum Gasteiger partial charge on any atom is -0.477 e. The molecule has 0 amide bonds. The normalized spacial score (nSPS) is 18.8. The lowest BCUT2D eigenvalue weighted by atomic mass is 10.1. The largest absolute Gasteiger partial charge is 0.477 e. The fourth-order valence-electron chi connectivity index (χ4n) is 2.09. The van der Waals surface area contributed by atoms with E-state index in [0.29, 0.717) is 18.5 Å². The Balaban J connectivity index is 1.74. The molecule has 0 aliphatic carbocycles. The third-order valence-corrected chi connectivity index (χ3v) is 3.03. The molecular formula is C13H22N4O. The smallest absolute Gasteiger partial charge is 0.234 e. The number of nitrogens with one attached hydrogen (secondary N) is 2. The van der Waals surface area contributed by atoms with Gasteiger partial charge in [0.15, 0.2) is 0 Å². The predicted molar refractivity (Wildman–Crippen MR) is 71.9 cm³/mol. The van der Waals surface area contributed by atoms with Gasteiger partial charge in [-0.2, -0.15) is 4.98 Å². The van der Waals surface area contributed by atoms with Crippen molar-refractivity contribution in [2.75, 3.05) is 25.0 Å². The second kappa shape index (κ2) is 7.16. The van der Waals surface area contributed by atoms with Crippen LogP contribution in [0.2, 0.25) is 0 Å². The Labute approximate surface area is 108 Å². The summed E-state index contributed by atoms with van der Waals surface area (Å²) in [6, 6.07) is 0.657. The van der Waals surface area contributed by atoms with Gasteiger partial charge in [0.05, 0.1) is 19.0 Å². The molecule has 0 spiro atoms. The van der Waals surface area contributed by atoms with E-state index in [1.165, 1.54) is 12.8 Å². The Hall–Kier alpha value is -1.36. The summed E-state index contributed by atoms with van der Waals surface area (Å²) >= 11 is 0. The van der Waals surface area contributed by atoms with Gasteiger partial charge in [0, 0.05) is 12.6 Å². The Morgan fingerprint density at radius 2 is 2.44 bits per heavy atom. The molecule has 1 aromatic rings. The monoisotopic (exact) mass is 250 g/mol. The first-order valence-electron chi connectivity index (χ1n) is 6.80. The Morgan fingerprint density at radius 1 is 1.50 bits per heavy atom. The van der Waals surface area contributed by atoms with E-state index in [-0.39, 0.29) is 0 Å². The minimum absolute atomic E-state index is 0.598. The first-order chi connectivity index (χ1) is 8.88. The summed E-state index contributed by atoms with van der Waals surface area (Å²) in [4.78, 5) is 8.48. The number of hydrogen-bond acceptors (Lipinski definition) is 5. The molecule has 1 fully saturated rings. The number of anilines is 1. The van der Waals surface area contributed by atoms with Crippen LogP contribution in [-0.4, -0.2) is 35.7 Å². The predicted octanol–water partition coefficient (Wildman–Crippen LogP) is 1.82. The van der Waals surface area contributed by atoms with Crippen LogP contribution in [0.15, 0.2) is 12.4 Å². The van der Waals surface area contributed by atoms with Crippen molar-refractivity contribution < 1.29 is 4.74 Å². The number of nitrogens with zero attached hydrogens (tertiary/aromatic N) is 2. The maximum atomic E-state index is 5.45. The molecule has 1 atom stereocenters. The van der Waals surface area contributed by atoms with Crippen molar-refractivity contribution in [1.82, 2.24) is 15.3 Å². The summed E-state index contributed by atoms with van der Waals surface area (Å²) in [7, 11) is 0. The summed E-state index contributed by atoms with van der Waals surface area (Å²) in [5.41, 5.74) is 0. The number of rotatable bonds is 7. The van der Waals surface area contributed by atoms with Crippen molar-refractivity contribution in [2.45, 2.75) is 38.6 Å². The molecule has 100 valence electrons. The second-order valence-electron chi connectivity index (χ2n) is 4.60. The fraction of sp³-hybridized carbons (Fsp3) is 0.692. The first kappa shape index (κ1) is 13.1. The van der Waals surface area contributed by atoms with Crippen molar-refractivity contribution in [2.24, 2.45) is 0 Å². The topological polar surface area (TPSA) is 59.1 Å². The highest BCUT2D eigenvalue weighted by molar-refractivity contribution is 5.33. The molecule has 5 heteroatoms. The molecule has 0 radical (unpaired) electrons. The van der Waals surface area contributed by atoms with Crippen molar-refractivity contribution in [3.8, 4) is 5.88 Å². The van der Waals surface area contributed by atoms with Gasteiger partial charge in [0.2, 0.25) is 5.88 Å². The van der Waals surface area contributed by atoms with Gasteiger partial charge in [0.1, 0.15) is 5.82 Å². The highest BCUT2D eigenvalue weighted by Crippen LogP contribution is 2.11. The quantitative estimate of drug-likeness (QED) is 0.773. The summed E-state index contributed by atoms with van der Waals surface area (Å²) in [5.74, 6) is 1.39. The van der Waals surface area contributed by atoms with Crippen LogP contribution in [0.25, 0.3) is 0 Å². The third kappa shape index (κ3) is 4.14. The van der Waals surface area contributed by atoms with Crippen molar-refractivity contribution in [3.05, 3.63) is 12.4 Å². The minimum atomic E-state index is 0.598. The van der Waals surface area contributed by atoms with Crippen LogP contribution in [0.1, 0.15) is 32.6 Å². The van der Waals surface area contributed by atoms with Crippen LogP contribution in [0.5, 0.6) is 5.88 Å². The van der Waals surface area contributed by atoms with Gasteiger partial charge in [-0.25, -0.2) is 0 Å². The molecule has 1 unspecified atom stereocenters. The zero-order valence-electron chi connectivity index (χ0n) is 11.0. The lowest BCUT2D eigenvalue weighted by Gasteiger charge is -2.11. The number of ether oxygens (including phenoxy) is 1. The van der Waals surface area contributed by atoms with Crippen LogP contribution >= 0.6 is 0 Å². The van der Waals surface area contributed by atoms with Gasteiger partial charge in [-0.15, -0.1) is 0 Å². The van der Waals surface area contributed by atoms with Crippen LogP contribution in [0, 0.1) is 0 Å². The molecule has 0 bridgehead atoms.